The number of rotatable bonds is 4. The number of nitrogens with one attached hydrogen (secondary N) is 3. The van der Waals surface area contributed by atoms with E-state index in [4.69, 9.17) is 5.11 Å². The lowest BCUT2D eigenvalue weighted by Gasteiger charge is -2.23. The molecule has 0 radical (unpaired) electrons. The topological polar surface area (TPSA) is 73.4 Å². The Hall–Kier alpha value is -0.650. The molecule has 0 bridgehead atoms. The molecular weight excluding hydrogens is 170 g/mol. The molecule has 76 valence electrons. The third-order valence-electron chi connectivity index (χ3n) is 1.99. The van der Waals surface area contributed by atoms with Gasteiger partial charge < -0.3 is 21.1 Å². The smallest absolute Gasteiger partial charge is 0.221 e. The van der Waals surface area contributed by atoms with Crippen LogP contribution in [0.15, 0.2) is 0 Å². The second-order valence-electron chi connectivity index (χ2n) is 3.13. The number of carbonyl (C=O) groups excluding carboxylic acids is 1. The Morgan fingerprint density at radius 2 is 2.38 bits per heavy atom. The molecule has 0 saturated carbocycles. The van der Waals surface area contributed by atoms with Crippen molar-refractivity contribution in [1.29, 1.82) is 0 Å². The second-order valence-corrected chi connectivity index (χ2v) is 3.13. The summed E-state index contributed by atoms with van der Waals surface area (Å²) >= 11 is 0. The zero-order chi connectivity index (χ0) is 9.52. The summed E-state index contributed by atoms with van der Waals surface area (Å²) in [4.78, 5) is 11.2. The van der Waals surface area contributed by atoms with Crippen LogP contribution in [0.25, 0.3) is 0 Å². The van der Waals surface area contributed by atoms with Gasteiger partial charge in [-0.2, -0.15) is 0 Å². The number of carbonyl (C=O) groups is 1. The first kappa shape index (κ1) is 10.4. The van der Waals surface area contributed by atoms with Crippen LogP contribution in [0.5, 0.6) is 0 Å². The van der Waals surface area contributed by atoms with E-state index in [2.05, 4.69) is 16.0 Å². The van der Waals surface area contributed by atoms with E-state index in [-0.39, 0.29) is 18.6 Å². The quantitative estimate of drug-likeness (QED) is 0.412. The van der Waals surface area contributed by atoms with Crippen LogP contribution in [0.2, 0.25) is 0 Å². The highest BCUT2D eigenvalue weighted by Crippen LogP contribution is 1.93. The molecule has 1 fully saturated rings. The van der Waals surface area contributed by atoms with Crippen LogP contribution in [0.4, 0.5) is 0 Å². The maximum absolute atomic E-state index is 11.2. The van der Waals surface area contributed by atoms with Gasteiger partial charge in [-0.25, -0.2) is 0 Å². The lowest BCUT2D eigenvalue weighted by Crippen LogP contribution is -2.50. The highest BCUT2D eigenvalue weighted by Gasteiger charge is 2.15. The van der Waals surface area contributed by atoms with Crippen LogP contribution in [-0.4, -0.2) is 49.8 Å². The van der Waals surface area contributed by atoms with Crippen LogP contribution < -0.4 is 16.0 Å². The van der Waals surface area contributed by atoms with Crippen LogP contribution in [-0.2, 0) is 4.79 Å². The Labute approximate surface area is 77.9 Å². The minimum atomic E-state index is -0.00440. The average Bonchev–Trinajstić information content (AvgIpc) is 2.16. The maximum Gasteiger partial charge on any atom is 0.221 e. The van der Waals surface area contributed by atoms with Gasteiger partial charge in [0.2, 0.25) is 5.91 Å². The standard InChI is InChI=1S/C8H17N3O2/c12-4-3-11-8(13)5-7-6-9-1-2-10-7/h7,9-10,12H,1-6H2,(H,11,13)/t7-/m0/s1. The Morgan fingerprint density at radius 3 is 3.00 bits per heavy atom. The fourth-order valence-corrected chi connectivity index (χ4v) is 1.35. The molecule has 0 aromatic carbocycles. The van der Waals surface area contributed by atoms with Gasteiger partial charge in [0.1, 0.15) is 0 Å². The zero-order valence-corrected chi connectivity index (χ0v) is 7.68. The monoisotopic (exact) mass is 187 g/mol. The highest BCUT2D eigenvalue weighted by molar-refractivity contribution is 5.76. The van der Waals surface area contributed by atoms with Crippen molar-refractivity contribution < 1.29 is 9.90 Å². The van der Waals surface area contributed by atoms with Gasteiger partial charge in [-0.1, -0.05) is 0 Å². The molecule has 1 saturated heterocycles. The fourth-order valence-electron chi connectivity index (χ4n) is 1.35. The summed E-state index contributed by atoms with van der Waals surface area (Å²) < 4.78 is 0. The number of hydrogen-bond acceptors (Lipinski definition) is 4. The minimum absolute atomic E-state index is 0.00207. The molecule has 0 aromatic heterocycles. The molecule has 0 aromatic rings. The number of amides is 1. The predicted molar refractivity (Wildman–Crippen MR) is 49.4 cm³/mol. The van der Waals surface area contributed by atoms with Crippen molar-refractivity contribution in [3.05, 3.63) is 0 Å². The van der Waals surface area contributed by atoms with E-state index in [9.17, 15) is 4.79 Å². The van der Waals surface area contributed by atoms with E-state index < -0.39 is 0 Å². The van der Waals surface area contributed by atoms with Gasteiger partial charge in [0.05, 0.1) is 6.61 Å². The molecular formula is C8H17N3O2. The number of aliphatic hydroxyl groups is 1. The fraction of sp³-hybridized carbons (Fsp3) is 0.875. The summed E-state index contributed by atoms with van der Waals surface area (Å²) in [5.41, 5.74) is 0. The van der Waals surface area contributed by atoms with E-state index >= 15 is 0 Å². The van der Waals surface area contributed by atoms with Crippen LogP contribution >= 0.6 is 0 Å². The van der Waals surface area contributed by atoms with Crippen molar-refractivity contribution in [2.45, 2.75) is 12.5 Å². The molecule has 4 N–H and O–H groups in total. The summed E-state index contributed by atoms with van der Waals surface area (Å²) in [7, 11) is 0. The van der Waals surface area contributed by atoms with Gasteiger partial charge >= 0.3 is 0 Å². The van der Waals surface area contributed by atoms with E-state index in [1.54, 1.807) is 0 Å². The van der Waals surface area contributed by atoms with Crippen molar-refractivity contribution in [3.8, 4) is 0 Å². The first-order valence-corrected chi connectivity index (χ1v) is 4.64. The molecule has 1 aliphatic rings. The van der Waals surface area contributed by atoms with Gasteiger partial charge in [0.15, 0.2) is 0 Å². The first-order chi connectivity index (χ1) is 6.33. The SMILES string of the molecule is O=C(C[C@H]1CNCCN1)NCCO. The molecule has 5 heteroatoms. The number of hydrogen-bond donors (Lipinski definition) is 4. The normalized spacial score (nSPS) is 22.7. The summed E-state index contributed by atoms with van der Waals surface area (Å²) in [6.45, 7) is 3.07. The summed E-state index contributed by atoms with van der Waals surface area (Å²) in [5.74, 6) is -0.00440. The lowest BCUT2D eigenvalue weighted by atomic mass is 10.1. The Morgan fingerprint density at radius 1 is 1.54 bits per heavy atom. The third-order valence-corrected chi connectivity index (χ3v) is 1.99. The van der Waals surface area contributed by atoms with Crippen molar-refractivity contribution in [2.75, 3.05) is 32.8 Å². The van der Waals surface area contributed by atoms with Gasteiger partial charge in [0.25, 0.3) is 0 Å². The molecule has 1 heterocycles. The van der Waals surface area contributed by atoms with E-state index in [1.807, 2.05) is 0 Å². The Balaban J connectivity index is 2.11. The first-order valence-electron chi connectivity index (χ1n) is 4.64. The Kier molecular flexibility index (Phi) is 4.74. The van der Waals surface area contributed by atoms with Crippen LogP contribution in [0, 0.1) is 0 Å². The van der Waals surface area contributed by atoms with Crippen molar-refractivity contribution >= 4 is 5.91 Å². The van der Waals surface area contributed by atoms with Gasteiger partial charge in [-0.3, -0.25) is 4.79 Å². The number of aliphatic hydroxyl groups excluding tert-OH is 1. The summed E-state index contributed by atoms with van der Waals surface area (Å²) in [6, 6.07) is 0.229. The van der Waals surface area contributed by atoms with E-state index in [1.165, 1.54) is 0 Å². The minimum Gasteiger partial charge on any atom is -0.395 e. The maximum atomic E-state index is 11.2. The average molecular weight is 187 g/mol. The summed E-state index contributed by atoms with van der Waals surface area (Å²) in [6.07, 6.45) is 0.479. The van der Waals surface area contributed by atoms with Gasteiger partial charge in [0, 0.05) is 38.6 Å². The molecule has 1 amide bonds. The molecule has 0 unspecified atom stereocenters. The number of piperazine rings is 1. The lowest BCUT2D eigenvalue weighted by molar-refractivity contribution is -0.121. The largest absolute Gasteiger partial charge is 0.395 e. The third kappa shape index (κ3) is 4.21. The molecule has 1 aliphatic heterocycles. The zero-order valence-electron chi connectivity index (χ0n) is 7.68. The molecule has 5 nitrogen and oxygen atoms in total. The molecule has 0 aliphatic carbocycles. The Bertz CT molecular complexity index is 157. The molecule has 1 rings (SSSR count). The highest BCUT2D eigenvalue weighted by atomic mass is 16.3. The van der Waals surface area contributed by atoms with Crippen LogP contribution in [0.1, 0.15) is 6.42 Å². The van der Waals surface area contributed by atoms with Gasteiger partial charge in [-0.05, 0) is 0 Å². The predicted octanol–water partition coefficient (Wildman–Crippen LogP) is -1.95. The van der Waals surface area contributed by atoms with Crippen LogP contribution in [0.3, 0.4) is 0 Å². The van der Waals surface area contributed by atoms with Crippen molar-refractivity contribution in [2.24, 2.45) is 0 Å². The van der Waals surface area contributed by atoms with E-state index in [0.29, 0.717) is 13.0 Å². The molecule has 0 spiro atoms. The summed E-state index contributed by atoms with van der Waals surface area (Å²) in [5, 5.41) is 17.5. The van der Waals surface area contributed by atoms with E-state index in [0.717, 1.165) is 19.6 Å². The molecule has 1 atom stereocenters. The van der Waals surface area contributed by atoms with Crippen molar-refractivity contribution in [3.63, 3.8) is 0 Å². The van der Waals surface area contributed by atoms with Crippen molar-refractivity contribution in [1.82, 2.24) is 16.0 Å². The second kappa shape index (κ2) is 5.90. The van der Waals surface area contributed by atoms with Gasteiger partial charge in [-0.15, -0.1) is 0 Å². The molecule has 13 heavy (non-hydrogen) atoms.